The Morgan fingerprint density at radius 3 is 2.38 bits per heavy atom. The Bertz CT molecular complexity index is 834. The fraction of sp³-hybridized carbons (Fsp3) is 0.389. The number of imide groups is 1. The highest BCUT2D eigenvalue weighted by Gasteiger charge is 2.28. The van der Waals surface area contributed by atoms with Crippen molar-refractivity contribution < 1.29 is 18.8 Å². The number of likely N-dealkylation sites (tertiary alicyclic amines) is 1. The highest BCUT2D eigenvalue weighted by Crippen LogP contribution is 2.30. The number of fused-ring (bicyclic) bond motifs is 1. The Kier molecular flexibility index (Phi) is 4.13. The van der Waals surface area contributed by atoms with Crippen LogP contribution < -0.4 is 5.32 Å². The molecule has 0 saturated carbocycles. The monoisotopic (exact) mass is 328 g/mol. The molecule has 1 aliphatic heterocycles. The van der Waals surface area contributed by atoms with Gasteiger partial charge in [0.2, 0.25) is 11.8 Å². The van der Waals surface area contributed by atoms with Gasteiger partial charge < -0.3 is 9.73 Å². The number of nitrogens with zero attached hydrogens (tertiary/aromatic N) is 1. The van der Waals surface area contributed by atoms with E-state index < -0.39 is 0 Å². The lowest BCUT2D eigenvalue weighted by molar-refractivity contribution is -0.138. The van der Waals surface area contributed by atoms with Gasteiger partial charge in [-0.25, -0.2) is 0 Å². The Balaban J connectivity index is 1.74. The average Bonchev–Trinajstić information content (AvgIpc) is 3.06. The molecule has 2 aromatic rings. The first-order valence-corrected chi connectivity index (χ1v) is 8.01. The van der Waals surface area contributed by atoms with E-state index in [-0.39, 0.29) is 49.4 Å². The van der Waals surface area contributed by atoms with Crippen LogP contribution in [0.3, 0.4) is 0 Å². The zero-order valence-corrected chi connectivity index (χ0v) is 14.1. The van der Waals surface area contributed by atoms with E-state index in [2.05, 4.69) is 5.32 Å². The molecule has 0 aliphatic carbocycles. The quantitative estimate of drug-likeness (QED) is 0.873. The van der Waals surface area contributed by atoms with Crippen molar-refractivity contribution in [2.45, 2.75) is 33.6 Å². The molecule has 6 heteroatoms. The van der Waals surface area contributed by atoms with Gasteiger partial charge in [-0.15, -0.1) is 0 Å². The van der Waals surface area contributed by atoms with E-state index in [1.165, 1.54) is 4.90 Å². The van der Waals surface area contributed by atoms with E-state index in [0.717, 1.165) is 27.7 Å². The molecule has 1 N–H and O–H groups in total. The van der Waals surface area contributed by atoms with Crippen LogP contribution in [0.25, 0.3) is 11.0 Å². The van der Waals surface area contributed by atoms with Crippen LogP contribution in [-0.4, -0.2) is 35.7 Å². The maximum atomic E-state index is 12.4. The lowest BCUT2D eigenvalue weighted by Crippen LogP contribution is -2.37. The second kappa shape index (κ2) is 6.11. The van der Waals surface area contributed by atoms with Crippen molar-refractivity contribution in [2.75, 3.05) is 13.1 Å². The van der Waals surface area contributed by atoms with Crippen LogP contribution in [0.1, 0.15) is 40.1 Å². The van der Waals surface area contributed by atoms with E-state index in [9.17, 15) is 14.4 Å². The molecule has 6 nitrogen and oxygen atoms in total. The van der Waals surface area contributed by atoms with Crippen molar-refractivity contribution in [1.82, 2.24) is 10.2 Å². The molecule has 0 spiro atoms. The maximum Gasteiger partial charge on any atom is 0.287 e. The normalized spacial score (nSPS) is 14.7. The van der Waals surface area contributed by atoms with Gasteiger partial charge in [0.05, 0.1) is 0 Å². The largest absolute Gasteiger partial charge is 0.450 e. The lowest BCUT2D eigenvalue weighted by Gasteiger charge is -2.13. The Morgan fingerprint density at radius 2 is 1.75 bits per heavy atom. The number of aryl methyl sites for hydroxylation is 3. The smallest absolute Gasteiger partial charge is 0.287 e. The number of hydrogen-bond donors (Lipinski definition) is 1. The zero-order chi connectivity index (χ0) is 17.4. The number of nitrogens with one attached hydrogen (secondary N) is 1. The maximum absolute atomic E-state index is 12.4. The summed E-state index contributed by atoms with van der Waals surface area (Å²) in [6, 6.07) is 3.97. The standard InChI is InChI=1S/C18H20N2O4/c1-10-4-5-11(2)16-15(10)12(3)17(24-16)18(23)19-8-9-20-13(21)6-7-14(20)22/h4-5H,6-9H2,1-3H3,(H,19,23). The molecule has 0 atom stereocenters. The van der Waals surface area contributed by atoms with Crippen molar-refractivity contribution >= 4 is 28.7 Å². The molecule has 3 amide bonds. The van der Waals surface area contributed by atoms with Crippen LogP contribution in [0.15, 0.2) is 16.5 Å². The first-order chi connectivity index (χ1) is 11.4. The molecule has 1 aromatic heterocycles. The highest BCUT2D eigenvalue weighted by molar-refractivity contribution is 6.02. The van der Waals surface area contributed by atoms with Crippen molar-refractivity contribution in [3.05, 3.63) is 34.6 Å². The predicted molar refractivity (Wildman–Crippen MR) is 88.7 cm³/mol. The summed E-state index contributed by atoms with van der Waals surface area (Å²) < 4.78 is 5.78. The Morgan fingerprint density at radius 1 is 1.12 bits per heavy atom. The summed E-state index contributed by atoms with van der Waals surface area (Å²) in [4.78, 5) is 36.7. The molecule has 0 radical (unpaired) electrons. The third-order valence-corrected chi connectivity index (χ3v) is 4.46. The lowest BCUT2D eigenvalue weighted by atomic mass is 10.0. The molecular weight excluding hydrogens is 308 g/mol. The van der Waals surface area contributed by atoms with Gasteiger partial charge in [-0.05, 0) is 31.9 Å². The molecule has 0 bridgehead atoms. The Hall–Kier alpha value is -2.63. The summed E-state index contributed by atoms with van der Waals surface area (Å²) in [5, 5.41) is 3.69. The van der Waals surface area contributed by atoms with E-state index in [1.54, 1.807) is 0 Å². The van der Waals surface area contributed by atoms with Gasteiger partial charge in [0.15, 0.2) is 5.76 Å². The Labute approximate surface area is 139 Å². The minimum Gasteiger partial charge on any atom is -0.450 e. The average molecular weight is 328 g/mol. The van der Waals surface area contributed by atoms with Crippen molar-refractivity contribution in [2.24, 2.45) is 0 Å². The number of hydrogen-bond acceptors (Lipinski definition) is 4. The summed E-state index contributed by atoms with van der Waals surface area (Å²) in [6.45, 7) is 6.19. The molecule has 1 saturated heterocycles. The molecule has 1 aromatic carbocycles. The number of carbonyl (C=O) groups is 3. The van der Waals surface area contributed by atoms with Gasteiger partial charge in [0.1, 0.15) is 5.58 Å². The van der Waals surface area contributed by atoms with Crippen LogP contribution in [0.2, 0.25) is 0 Å². The van der Waals surface area contributed by atoms with Gasteiger partial charge in [0.25, 0.3) is 5.91 Å². The number of furan rings is 1. The van der Waals surface area contributed by atoms with Gasteiger partial charge in [-0.1, -0.05) is 12.1 Å². The molecule has 1 aliphatic rings. The van der Waals surface area contributed by atoms with Gasteiger partial charge in [-0.2, -0.15) is 0 Å². The van der Waals surface area contributed by atoms with E-state index in [0.29, 0.717) is 0 Å². The zero-order valence-electron chi connectivity index (χ0n) is 14.1. The third-order valence-electron chi connectivity index (χ3n) is 4.46. The molecule has 3 rings (SSSR count). The van der Waals surface area contributed by atoms with E-state index in [1.807, 2.05) is 32.9 Å². The SMILES string of the molecule is Cc1ccc(C)c2c(C)c(C(=O)NCCN3C(=O)CCC3=O)oc12. The molecule has 126 valence electrons. The molecule has 1 fully saturated rings. The topological polar surface area (TPSA) is 79.6 Å². The van der Waals surface area contributed by atoms with Crippen molar-refractivity contribution in [3.8, 4) is 0 Å². The highest BCUT2D eigenvalue weighted by atomic mass is 16.3. The fourth-order valence-electron chi connectivity index (χ4n) is 3.13. The second-order valence-corrected chi connectivity index (χ2v) is 6.15. The first kappa shape index (κ1) is 16.2. The molecule has 0 unspecified atom stereocenters. The second-order valence-electron chi connectivity index (χ2n) is 6.15. The summed E-state index contributed by atoms with van der Waals surface area (Å²) in [5.74, 6) is -0.413. The van der Waals surface area contributed by atoms with Gasteiger partial charge in [-0.3, -0.25) is 19.3 Å². The van der Waals surface area contributed by atoms with Gasteiger partial charge >= 0.3 is 0 Å². The van der Waals surface area contributed by atoms with Crippen LogP contribution in [0, 0.1) is 20.8 Å². The van der Waals surface area contributed by atoms with Crippen LogP contribution in [-0.2, 0) is 9.59 Å². The minimum atomic E-state index is -0.332. The molecule has 24 heavy (non-hydrogen) atoms. The van der Waals surface area contributed by atoms with Crippen LogP contribution >= 0.6 is 0 Å². The van der Waals surface area contributed by atoms with E-state index in [4.69, 9.17) is 4.42 Å². The first-order valence-electron chi connectivity index (χ1n) is 8.01. The number of rotatable bonds is 4. The van der Waals surface area contributed by atoms with Crippen molar-refractivity contribution in [1.29, 1.82) is 0 Å². The number of benzene rings is 1. The van der Waals surface area contributed by atoms with Crippen molar-refractivity contribution in [3.63, 3.8) is 0 Å². The summed E-state index contributed by atoms with van der Waals surface area (Å²) in [5.41, 5.74) is 3.56. The van der Waals surface area contributed by atoms with Gasteiger partial charge in [0, 0.05) is 36.9 Å². The molecular formula is C18H20N2O4. The summed E-state index contributed by atoms with van der Waals surface area (Å²) in [7, 11) is 0. The molecule has 2 heterocycles. The third kappa shape index (κ3) is 2.68. The van der Waals surface area contributed by atoms with Crippen LogP contribution in [0.4, 0.5) is 0 Å². The number of carbonyl (C=O) groups excluding carboxylic acids is 3. The summed E-state index contributed by atoms with van der Waals surface area (Å²) in [6.07, 6.45) is 0.516. The number of amides is 3. The van der Waals surface area contributed by atoms with E-state index >= 15 is 0 Å². The predicted octanol–water partition coefficient (Wildman–Crippen LogP) is 2.24. The minimum absolute atomic E-state index is 0.180. The fourth-order valence-corrected chi connectivity index (χ4v) is 3.13. The van der Waals surface area contributed by atoms with Crippen LogP contribution in [0.5, 0.6) is 0 Å². The summed E-state index contributed by atoms with van der Waals surface area (Å²) >= 11 is 0.